The van der Waals surface area contributed by atoms with E-state index in [1.165, 1.54) is 0 Å². The number of phenolic OH excluding ortho intramolecular Hbond substituents is 2. The summed E-state index contributed by atoms with van der Waals surface area (Å²) in [6, 6.07) is 7.62. The van der Waals surface area contributed by atoms with E-state index in [1.54, 1.807) is 0 Å². The van der Waals surface area contributed by atoms with Gasteiger partial charge in [0.05, 0.1) is 0 Å². The first kappa shape index (κ1) is 21.7. The largest absolute Gasteiger partial charge is 0.507 e. The van der Waals surface area contributed by atoms with Crippen LogP contribution >= 0.6 is 0 Å². The van der Waals surface area contributed by atoms with E-state index in [9.17, 15) is 19.8 Å². The van der Waals surface area contributed by atoms with Crippen molar-refractivity contribution in [3.8, 4) is 11.5 Å². The average molecular weight is 383 g/mol. The molecule has 0 radical (unpaired) electrons. The van der Waals surface area contributed by atoms with Crippen LogP contribution in [0.3, 0.4) is 0 Å². The third-order valence-corrected chi connectivity index (χ3v) is 5.17. The maximum Gasteiger partial charge on any atom is 0.133 e. The first-order valence-corrected chi connectivity index (χ1v) is 9.79. The molecule has 0 saturated carbocycles. The molecule has 0 atom stereocenters. The zero-order chi connectivity index (χ0) is 20.8. The van der Waals surface area contributed by atoms with Crippen molar-refractivity contribution in [1.29, 1.82) is 0 Å². The van der Waals surface area contributed by atoms with Crippen molar-refractivity contribution in [3.05, 3.63) is 57.6 Å². The Bertz CT molecular complexity index is 761. The molecule has 0 aliphatic carbocycles. The third kappa shape index (κ3) is 5.95. The van der Waals surface area contributed by atoms with Crippen LogP contribution in [0.2, 0.25) is 0 Å². The molecule has 0 unspecified atom stereocenters. The number of hydrogen-bond donors (Lipinski definition) is 2. The molecule has 0 fully saturated rings. The summed E-state index contributed by atoms with van der Waals surface area (Å²) >= 11 is 0. The van der Waals surface area contributed by atoms with E-state index < -0.39 is 0 Å². The van der Waals surface area contributed by atoms with Crippen LogP contribution in [0.5, 0.6) is 11.5 Å². The predicted octanol–water partition coefficient (Wildman–Crippen LogP) is 4.82. The second-order valence-electron chi connectivity index (χ2n) is 7.73. The van der Waals surface area contributed by atoms with E-state index in [2.05, 4.69) is 0 Å². The summed E-state index contributed by atoms with van der Waals surface area (Å²) in [4.78, 5) is 24.3. The molecule has 0 saturated heterocycles. The summed E-state index contributed by atoms with van der Waals surface area (Å²) in [5.74, 6) is 0.792. The molecular formula is C24H30O4. The summed E-state index contributed by atoms with van der Waals surface area (Å²) in [5, 5.41) is 19.6. The second kappa shape index (κ2) is 9.54. The molecule has 0 heterocycles. The van der Waals surface area contributed by atoms with E-state index in [-0.39, 0.29) is 24.4 Å². The number of aryl methyl sites for hydroxylation is 6. The Morgan fingerprint density at radius 3 is 1.18 bits per heavy atom. The van der Waals surface area contributed by atoms with E-state index in [1.807, 2.05) is 52.0 Å². The first-order valence-electron chi connectivity index (χ1n) is 9.79. The van der Waals surface area contributed by atoms with Crippen LogP contribution in [-0.2, 0) is 22.4 Å². The zero-order valence-corrected chi connectivity index (χ0v) is 17.3. The minimum absolute atomic E-state index is 0.0908. The fourth-order valence-corrected chi connectivity index (χ4v) is 3.48. The van der Waals surface area contributed by atoms with Crippen molar-refractivity contribution in [2.45, 2.75) is 66.2 Å². The van der Waals surface area contributed by atoms with Gasteiger partial charge in [-0.3, -0.25) is 9.59 Å². The van der Waals surface area contributed by atoms with Gasteiger partial charge >= 0.3 is 0 Å². The fourth-order valence-electron chi connectivity index (χ4n) is 3.48. The van der Waals surface area contributed by atoms with Gasteiger partial charge < -0.3 is 10.2 Å². The van der Waals surface area contributed by atoms with E-state index in [0.717, 1.165) is 33.4 Å². The molecule has 2 aromatic carbocycles. The Hall–Kier alpha value is -2.62. The number of Topliss-reactive ketones (excluding diaryl/α,β-unsaturated/α-hetero) is 2. The summed E-state index contributed by atoms with van der Waals surface area (Å²) < 4.78 is 0. The lowest BCUT2D eigenvalue weighted by Crippen LogP contribution is -2.06. The van der Waals surface area contributed by atoms with Gasteiger partial charge in [0.1, 0.15) is 23.1 Å². The molecule has 0 spiro atoms. The van der Waals surface area contributed by atoms with E-state index in [0.29, 0.717) is 37.2 Å². The van der Waals surface area contributed by atoms with Gasteiger partial charge in [0.2, 0.25) is 0 Å². The Kier molecular flexibility index (Phi) is 7.38. The predicted molar refractivity (Wildman–Crippen MR) is 111 cm³/mol. The number of carbonyl (C=O) groups excluding carboxylic acids is 2. The molecule has 0 amide bonds. The molecule has 28 heavy (non-hydrogen) atoms. The van der Waals surface area contributed by atoms with Crippen LogP contribution < -0.4 is 0 Å². The molecule has 150 valence electrons. The van der Waals surface area contributed by atoms with Crippen molar-refractivity contribution < 1.29 is 19.8 Å². The lowest BCUT2D eigenvalue weighted by atomic mass is 9.98. The number of benzene rings is 2. The van der Waals surface area contributed by atoms with Crippen molar-refractivity contribution in [3.63, 3.8) is 0 Å². The molecule has 2 aromatic rings. The first-order chi connectivity index (χ1) is 13.2. The SMILES string of the molecule is Cc1cc(CCC(=O)CCC(=O)CCc2cc(C)c(O)c(C)c2)cc(C)c1O. The number of carbonyl (C=O) groups is 2. The maximum atomic E-state index is 12.1. The quantitative estimate of drug-likeness (QED) is 0.652. The van der Waals surface area contributed by atoms with Gasteiger partial charge in [-0.05, 0) is 73.9 Å². The lowest BCUT2D eigenvalue weighted by Gasteiger charge is -2.08. The third-order valence-electron chi connectivity index (χ3n) is 5.17. The standard InChI is InChI=1S/C24H30O4/c1-15-11-19(12-16(2)23(15)27)5-7-21(25)9-10-22(26)8-6-20-13-17(3)24(28)18(4)14-20/h11-14,27-28H,5-10H2,1-4H3. The Morgan fingerprint density at radius 2 is 0.893 bits per heavy atom. The van der Waals surface area contributed by atoms with Crippen molar-refractivity contribution >= 4 is 11.6 Å². The number of phenols is 2. The highest BCUT2D eigenvalue weighted by Crippen LogP contribution is 2.24. The molecule has 0 aliphatic heterocycles. The number of rotatable bonds is 9. The van der Waals surface area contributed by atoms with Crippen molar-refractivity contribution in [1.82, 2.24) is 0 Å². The molecule has 2 rings (SSSR count). The molecule has 0 aromatic heterocycles. The van der Waals surface area contributed by atoms with Crippen molar-refractivity contribution in [2.24, 2.45) is 0 Å². The fraction of sp³-hybridized carbons (Fsp3) is 0.417. The minimum atomic E-state index is 0.0908. The average Bonchev–Trinajstić information content (AvgIpc) is 2.65. The highest BCUT2D eigenvalue weighted by molar-refractivity contribution is 5.86. The molecule has 0 aliphatic rings. The molecule has 2 N–H and O–H groups in total. The van der Waals surface area contributed by atoms with Gasteiger partial charge in [0.25, 0.3) is 0 Å². The van der Waals surface area contributed by atoms with Gasteiger partial charge in [0.15, 0.2) is 0 Å². The highest BCUT2D eigenvalue weighted by Gasteiger charge is 2.10. The Balaban J connectivity index is 1.76. The van der Waals surface area contributed by atoms with Gasteiger partial charge in [-0.25, -0.2) is 0 Å². The number of aromatic hydroxyl groups is 2. The number of ketones is 2. The van der Waals surface area contributed by atoms with Gasteiger partial charge in [-0.15, -0.1) is 0 Å². The summed E-state index contributed by atoms with van der Waals surface area (Å²) in [7, 11) is 0. The zero-order valence-electron chi connectivity index (χ0n) is 17.3. The van der Waals surface area contributed by atoms with Crippen LogP contribution in [0.25, 0.3) is 0 Å². The summed E-state index contributed by atoms with van der Waals surface area (Å²) in [6.07, 6.45) is 2.63. The van der Waals surface area contributed by atoms with Crippen LogP contribution in [-0.4, -0.2) is 21.8 Å². The molecule has 4 nitrogen and oxygen atoms in total. The topological polar surface area (TPSA) is 74.6 Å². The highest BCUT2D eigenvalue weighted by atomic mass is 16.3. The smallest absolute Gasteiger partial charge is 0.133 e. The van der Waals surface area contributed by atoms with E-state index in [4.69, 9.17) is 0 Å². The van der Waals surface area contributed by atoms with Crippen LogP contribution in [0.1, 0.15) is 59.1 Å². The normalized spacial score (nSPS) is 10.9. The molecule has 4 heteroatoms. The molecule has 0 bridgehead atoms. The van der Waals surface area contributed by atoms with Gasteiger partial charge in [0, 0.05) is 25.7 Å². The van der Waals surface area contributed by atoms with Gasteiger partial charge in [-0.2, -0.15) is 0 Å². The van der Waals surface area contributed by atoms with Crippen molar-refractivity contribution in [2.75, 3.05) is 0 Å². The van der Waals surface area contributed by atoms with E-state index >= 15 is 0 Å². The monoisotopic (exact) mass is 382 g/mol. The van der Waals surface area contributed by atoms with Gasteiger partial charge in [-0.1, -0.05) is 24.3 Å². The second-order valence-corrected chi connectivity index (χ2v) is 7.73. The number of hydrogen-bond acceptors (Lipinski definition) is 4. The van der Waals surface area contributed by atoms with Crippen LogP contribution in [0, 0.1) is 27.7 Å². The minimum Gasteiger partial charge on any atom is -0.507 e. The maximum absolute atomic E-state index is 12.1. The lowest BCUT2D eigenvalue weighted by molar-refractivity contribution is -0.124. The Morgan fingerprint density at radius 1 is 0.607 bits per heavy atom. The Labute approximate surface area is 167 Å². The summed E-state index contributed by atoms with van der Waals surface area (Å²) in [6.45, 7) is 7.40. The summed E-state index contributed by atoms with van der Waals surface area (Å²) in [5.41, 5.74) is 5.33. The van der Waals surface area contributed by atoms with Crippen LogP contribution in [0.4, 0.5) is 0 Å². The van der Waals surface area contributed by atoms with Crippen LogP contribution in [0.15, 0.2) is 24.3 Å². The molecular weight excluding hydrogens is 352 g/mol.